The fourth-order valence-electron chi connectivity index (χ4n) is 0.616. The molecule has 6 heteroatoms. The molecule has 1 atom stereocenters. The van der Waals surface area contributed by atoms with E-state index in [-0.39, 0.29) is 5.88 Å². The van der Waals surface area contributed by atoms with Gasteiger partial charge in [0.25, 0.3) is 6.36 Å². The van der Waals surface area contributed by atoms with E-state index in [4.69, 9.17) is 0 Å². The lowest BCUT2D eigenvalue weighted by atomic mass is 10.4. The average Bonchev–Trinajstić information content (AvgIpc) is 2.08. The first-order valence-corrected chi connectivity index (χ1v) is 3.49. The van der Waals surface area contributed by atoms with Crippen molar-refractivity contribution < 1.29 is 17.9 Å². The van der Waals surface area contributed by atoms with Gasteiger partial charge in [-0.1, -0.05) is 0 Å². The lowest BCUT2D eigenvalue weighted by molar-refractivity contribution is -0.0694. The minimum Gasteiger partial charge on any atom is -0.436 e. The quantitative estimate of drug-likeness (QED) is 0.731. The highest BCUT2D eigenvalue weighted by molar-refractivity contribution is 5.10. The summed E-state index contributed by atoms with van der Waals surface area (Å²) in [6.45, 7) is 1.66. The predicted molar refractivity (Wildman–Crippen MR) is 38.3 cm³/mol. The molecule has 72 valence electrons. The van der Waals surface area contributed by atoms with Crippen LogP contribution in [0.4, 0.5) is 13.2 Å². The number of aromatic nitrogens is 2. The largest absolute Gasteiger partial charge is 0.436 e. The van der Waals surface area contributed by atoms with Crippen LogP contribution in [-0.4, -0.2) is 23.0 Å². The van der Waals surface area contributed by atoms with Crippen molar-refractivity contribution in [2.45, 2.75) is 19.7 Å². The van der Waals surface area contributed by atoms with Gasteiger partial charge < -0.3 is 4.74 Å². The molecule has 0 aliphatic carbocycles. The average molecular weight is 192 g/mol. The van der Waals surface area contributed by atoms with Gasteiger partial charge in [-0.25, -0.2) is 8.78 Å². The van der Waals surface area contributed by atoms with Crippen molar-refractivity contribution in [1.29, 1.82) is 0 Å². The molecule has 13 heavy (non-hydrogen) atoms. The smallest absolute Gasteiger partial charge is 0.304 e. The Morgan fingerprint density at radius 2 is 1.92 bits per heavy atom. The van der Waals surface area contributed by atoms with E-state index >= 15 is 0 Å². The molecule has 3 nitrogen and oxygen atoms in total. The molecule has 1 heterocycles. The molecular formula is C7H7F3N2O. The van der Waals surface area contributed by atoms with E-state index in [0.717, 1.165) is 0 Å². The fourth-order valence-corrected chi connectivity index (χ4v) is 0.616. The topological polar surface area (TPSA) is 35.0 Å². The summed E-state index contributed by atoms with van der Waals surface area (Å²) in [4.78, 5) is 0. The van der Waals surface area contributed by atoms with Crippen LogP contribution in [0.2, 0.25) is 0 Å². The molecule has 1 aromatic heterocycles. The Morgan fingerprint density at radius 1 is 1.23 bits per heavy atom. The van der Waals surface area contributed by atoms with Crippen LogP contribution in [-0.2, 0) is 0 Å². The lowest BCUT2D eigenvalue weighted by Crippen LogP contribution is -2.20. The fraction of sp³-hybridized carbons (Fsp3) is 0.429. The highest BCUT2D eigenvalue weighted by atomic mass is 19.3. The van der Waals surface area contributed by atoms with Gasteiger partial charge in [0, 0.05) is 6.07 Å². The monoisotopic (exact) mass is 192 g/mol. The van der Waals surface area contributed by atoms with Crippen molar-refractivity contribution in [3.05, 3.63) is 17.8 Å². The summed E-state index contributed by atoms with van der Waals surface area (Å²) < 4.78 is 39.7. The van der Waals surface area contributed by atoms with Gasteiger partial charge in [0.2, 0.25) is 5.88 Å². The van der Waals surface area contributed by atoms with Crippen LogP contribution in [0.15, 0.2) is 12.1 Å². The highest BCUT2D eigenvalue weighted by Crippen LogP contribution is 2.12. The second-order valence-electron chi connectivity index (χ2n) is 2.32. The Kier molecular flexibility index (Phi) is 3.05. The number of ether oxygens (including phenoxy) is 1. The molecule has 1 rings (SSSR count). The van der Waals surface area contributed by atoms with Gasteiger partial charge >= 0.3 is 6.43 Å². The van der Waals surface area contributed by atoms with Crippen LogP contribution in [0, 0.1) is 6.92 Å². The maximum absolute atomic E-state index is 12.3. The molecule has 0 aliphatic heterocycles. The summed E-state index contributed by atoms with van der Waals surface area (Å²) in [6, 6.07) is 2.76. The SMILES string of the molecule is Cc1ccc(OC(F)C(F)F)nn1. The van der Waals surface area contributed by atoms with Gasteiger partial charge in [-0.2, -0.15) is 9.49 Å². The molecular weight excluding hydrogens is 185 g/mol. The second kappa shape index (κ2) is 4.06. The van der Waals surface area contributed by atoms with Crippen molar-refractivity contribution >= 4 is 0 Å². The molecule has 1 aromatic rings. The predicted octanol–water partition coefficient (Wildman–Crippen LogP) is 1.72. The highest BCUT2D eigenvalue weighted by Gasteiger charge is 2.21. The number of nitrogens with zero attached hydrogens (tertiary/aromatic N) is 2. The molecule has 0 saturated carbocycles. The standard InChI is InChI=1S/C7H7F3N2O/c1-4-2-3-5(12-11-4)13-7(10)6(8)9/h2-3,6-7H,1H3. The van der Waals surface area contributed by atoms with Crippen LogP contribution in [0.3, 0.4) is 0 Å². The molecule has 0 amide bonds. The van der Waals surface area contributed by atoms with Gasteiger partial charge in [-0.05, 0) is 13.0 Å². The van der Waals surface area contributed by atoms with Crippen molar-refractivity contribution in [2.24, 2.45) is 0 Å². The van der Waals surface area contributed by atoms with Crippen LogP contribution < -0.4 is 4.74 Å². The van der Waals surface area contributed by atoms with Crippen molar-refractivity contribution in [3.63, 3.8) is 0 Å². The minimum atomic E-state index is -3.18. The van der Waals surface area contributed by atoms with Crippen molar-refractivity contribution in [2.75, 3.05) is 0 Å². The molecule has 0 aromatic carbocycles. The second-order valence-corrected chi connectivity index (χ2v) is 2.32. The maximum Gasteiger partial charge on any atom is 0.304 e. The molecule has 0 radical (unpaired) electrons. The lowest BCUT2D eigenvalue weighted by Gasteiger charge is -2.08. The van der Waals surface area contributed by atoms with Gasteiger partial charge in [0.05, 0.1) is 5.69 Å². The third-order valence-corrected chi connectivity index (χ3v) is 1.20. The summed E-state index contributed by atoms with van der Waals surface area (Å²) in [5, 5.41) is 6.86. The van der Waals surface area contributed by atoms with E-state index in [9.17, 15) is 13.2 Å². The van der Waals surface area contributed by atoms with Crippen LogP contribution >= 0.6 is 0 Å². The molecule has 0 saturated heterocycles. The summed E-state index contributed by atoms with van der Waals surface area (Å²) in [5.41, 5.74) is 0.597. The van der Waals surface area contributed by atoms with E-state index in [2.05, 4.69) is 14.9 Å². The Labute approximate surface area is 72.5 Å². The zero-order valence-electron chi connectivity index (χ0n) is 6.75. The van der Waals surface area contributed by atoms with Crippen LogP contribution in [0.25, 0.3) is 0 Å². The van der Waals surface area contributed by atoms with Crippen LogP contribution in [0.5, 0.6) is 5.88 Å². The summed E-state index contributed by atoms with van der Waals surface area (Å²) in [5.74, 6) is -0.251. The summed E-state index contributed by atoms with van der Waals surface area (Å²) in [7, 11) is 0. The first-order valence-electron chi connectivity index (χ1n) is 3.49. The summed E-state index contributed by atoms with van der Waals surface area (Å²) >= 11 is 0. The van der Waals surface area contributed by atoms with Gasteiger partial charge in [0.15, 0.2) is 0 Å². The molecule has 0 N–H and O–H groups in total. The Balaban J connectivity index is 2.59. The summed E-state index contributed by atoms with van der Waals surface area (Å²) in [6.07, 6.45) is -5.83. The Bertz CT molecular complexity index is 265. The minimum absolute atomic E-state index is 0.251. The normalized spacial score (nSPS) is 13.0. The third kappa shape index (κ3) is 2.89. The van der Waals surface area contributed by atoms with Crippen molar-refractivity contribution in [3.8, 4) is 5.88 Å². The van der Waals surface area contributed by atoms with Gasteiger partial charge in [-0.15, -0.1) is 5.10 Å². The number of alkyl halides is 3. The number of aryl methyl sites for hydroxylation is 1. The first-order chi connectivity index (χ1) is 6.09. The van der Waals surface area contributed by atoms with Crippen molar-refractivity contribution in [1.82, 2.24) is 10.2 Å². The molecule has 0 fully saturated rings. The number of hydrogen-bond donors (Lipinski definition) is 0. The van der Waals surface area contributed by atoms with E-state index in [1.54, 1.807) is 6.92 Å². The number of rotatable bonds is 3. The Hall–Kier alpha value is -1.33. The number of halogens is 3. The zero-order valence-corrected chi connectivity index (χ0v) is 6.75. The molecule has 0 bridgehead atoms. The molecule has 1 unspecified atom stereocenters. The van der Waals surface area contributed by atoms with Gasteiger partial charge in [-0.3, -0.25) is 0 Å². The molecule has 0 aliphatic rings. The zero-order chi connectivity index (χ0) is 9.84. The van der Waals surface area contributed by atoms with Gasteiger partial charge in [0.1, 0.15) is 0 Å². The number of hydrogen-bond acceptors (Lipinski definition) is 3. The third-order valence-electron chi connectivity index (χ3n) is 1.20. The van der Waals surface area contributed by atoms with E-state index < -0.39 is 12.8 Å². The first kappa shape index (κ1) is 9.76. The van der Waals surface area contributed by atoms with Crippen LogP contribution in [0.1, 0.15) is 5.69 Å². The maximum atomic E-state index is 12.3. The Morgan fingerprint density at radius 3 is 2.38 bits per heavy atom. The van der Waals surface area contributed by atoms with E-state index in [1.807, 2.05) is 0 Å². The van der Waals surface area contributed by atoms with E-state index in [0.29, 0.717) is 5.69 Å². The van der Waals surface area contributed by atoms with E-state index in [1.165, 1.54) is 12.1 Å². The molecule has 0 spiro atoms.